The van der Waals surface area contributed by atoms with E-state index in [0.29, 0.717) is 5.58 Å². The van der Waals surface area contributed by atoms with Gasteiger partial charge in [0.05, 0.1) is 6.42 Å². The minimum absolute atomic E-state index is 0.163. The third kappa shape index (κ3) is 3.93. The van der Waals surface area contributed by atoms with Gasteiger partial charge in [0.25, 0.3) is 0 Å². The zero-order chi connectivity index (χ0) is 18.6. The molecule has 132 valence electrons. The molecule has 27 heavy (non-hydrogen) atoms. The van der Waals surface area contributed by atoms with E-state index in [2.05, 4.69) is 9.97 Å². The van der Waals surface area contributed by atoms with Crippen molar-refractivity contribution in [1.29, 1.82) is 0 Å². The lowest BCUT2D eigenvalue weighted by Gasteiger charge is -1.95. The number of aromatic amines is 1. The van der Waals surface area contributed by atoms with E-state index >= 15 is 0 Å². The highest BCUT2D eigenvalue weighted by Crippen LogP contribution is 2.16. The monoisotopic (exact) mass is 356 g/mol. The summed E-state index contributed by atoms with van der Waals surface area (Å²) < 4.78 is 5.18. The molecule has 0 atom stereocenters. The molecule has 0 saturated carbocycles. The lowest BCUT2D eigenvalue weighted by Crippen LogP contribution is -2.01. The smallest absolute Gasteiger partial charge is 0.181 e. The fourth-order valence-electron chi connectivity index (χ4n) is 2.82. The van der Waals surface area contributed by atoms with Crippen LogP contribution in [0.5, 0.6) is 0 Å². The maximum atomic E-state index is 12.0. The molecule has 0 aliphatic rings. The first kappa shape index (κ1) is 16.7. The van der Waals surface area contributed by atoms with Crippen molar-refractivity contribution >= 4 is 45.7 Å². The number of hydrogen-bond donors (Lipinski definition) is 1. The van der Waals surface area contributed by atoms with Crippen LogP contribution in [0.4, 0.5) is 0 Å². The quantitative estimate of drug-likeness (QED) is 0.406. The average Bonchev–Trinajstić information content (AvgIpc) is 3.32. The molecule has 0 fully saturated rings. The number of rotatable bonds is 6. The Morgan fingerprint density at radius 2 is 1.70 bits per heavy atom. The molecular weight excluding hydrogens is 340 g/mol. The van der Waals surface area contributed by atoms with Crippen LogP contribution in [-0.4, -0.2) is 21.5 Å². The Bertz CT molecular complexity index is 1100. The molecule has 1 N–H and O–H groups in total. The lowest BCUT2D eigenvalue weighted by atomic mass is 10.1. The topological polar surface area (TPSA) is 76.0 Å². The Balaban J connectivity index is 1.37. The van der Waals surface area contributed by atoms with E-state index in [9.17, 15) is 9.59 Å². The van der Waals surface area contributed by atoms with Crippen molar-refractivity contribution in [2.24, 2.45) is 0 Å². The summed E-state index contributed by atoms with van der Waals surface area (Å²) in [4.78, 5) is 31.2. The fourth-order valence-corrected chi connectivity index (χ4v) is 2.82. The number of nitrogens with one attached hydrogen (secondary N) is 1. The summed E-state index contributed by atoms with van der Waals surface area (Å²) in [6.45, 7) is 0. The number of fused-ring (bicyclic) bond motifs is 2. The number of oxazole rings is 1. The van der Waals surface area contributed by atoms with Crippen molar-refractivity contribution in [3.05, 3.63) is 78.3 Å². The van der Waals surface area contributed by atoms with Crippen molar-refractivity contribution in [2.45, 2.75) is 6.42 Å². The molecular formula is C22H16N2O3. The second kappa shape index (κ2) is 7.25. The number of carbonyl (C=O) groups is 2. The maximum Gasteiger partial charge on any atom is 0.181 e. The second-order valence-electron chi connectivity index (χ2n) is 6.18. The van der Waals surface area contributed by atoms with E-state index in [1.165, 1.54) is 18.5 Å². The molecule has 0 aliphatic carbocycles. The zero-order valence-corrected chi connectivity index (χ0v) is 14.4. The van der Waals surface area contributed by atoms with E-state index in [1.54, 1.807) is 18.2 Å². The van der Waals surface area contributed by atoms with Crippen molar-refractivity contribution in [3.8, 4) is 0 Å². The summed E-state index contributed by atoms with van der Waals surface area (Å²) in [7, 11) is 0. The molecule has 0 amide bonds. The zero-order valence-electron chi connectivity index (χ0n) is 14.4. The molecule has 5 heteroatoms. The van der Waals surface area contributed by atoms with Crippen LogP contribution in [0.25, 0.3) is 34.2 Å². The Labute approximate surface area is 155 Å². The van der Waals surface area contributed by atoms with Crippen LogP contribution in [0, 0.1) is 0 Å². The molecule has 0 unspecified atom stereocenters. The Kier molecular flexibility index (Phi) is 4.49. The molecule has 5 nitrogen and oxygen atoms in total. The number of allylic oxidation sites excluding steroid dienone is 2. The first-order valence-electron chi connectivity index (χ1n) is 8.50. The van der Waals surface area contributed by atoms with Gasteiger partial charge in [-0.3, -0.25) is 9.59 Å². The molecule has 0 radical (unpaired) electrons. The van der Waals surface area contributed by atoms with Gasteiger partial charge in [-0.05, 0) is 52.9 Å². The van der Waals surface area contributed by atoms with Crippen LogP contribution in [-0.2, 0) is 9.59 Å². The van der Waals surface area contributed by atoms with Crippen molar-refractivity contribution in [3.63, 3.8) is 0 Å². The van der Waals surface area contributed by atoms with Crippen molar-refractivity contribution in [1.82, 2.24) is 9.97 Å². The second-order valence-corrected chi connectivity index (χ2v) is 6.18. The number of hydrogen-bond acceptors (Lipinski definition) is 4. The first-order chi connectivity index (χ1) is 13.2. The van der Waals surface area contributed by atoms with E-state index < -0.39 is 0 Å². The number of carbonyl (C=O) groups excluding carboxylic acids is 2. The minimum atomic E-state index is -0.246. The summed E-state index contributed by atoms with van der Waals surface area (Å²) >= 11 is 0. The van der Waals surface area contributed by atoms with Gasteiger partial charge in [-0.1, -0.05) is 30.4 Å². The number of ketones is 2. The Morgan fingerprint density at radius 1 is 0.963 bits per heavy atom. The molecule has 0 spiro atoms. The fraction of sp³-hybridized carbons (Fsp3) is 0.0455. The third-order valence-electron chi connectivity index (χ3n) is 4.21. The molecule has 4 rings (SSSR count). The largest absolute Gasteiger partial charge is 0.443 e. The van der Waals surface area contributed by atoms with Crippen LogP contribution in [0.2, 0.25) is 0 Å². The number of H-pyrrole nitrogens is 1. The van der Waals surface area contributed by atoms with Crippen molar-refractivity contribution < 1.29 is 14.0 Å². The van der Waals surface area contributed by atoms with Crippen LogP contribution in [0.15, 0.2) is 71.6 Å². The van der Waals surface area contributed by atoms with Gasteiger partial charge in [-0.2, -0.15) is 0 Å². The summed E-state index contributed by atoms with van der Waals surface area (Å²) in [5.41, 5.74) is 4.15. The van der Waals surface area contributed by atoms with E-state index in [-0.39, 0.29) is 18.0 Å². The van der Waals surface area contributed by atoms with Gasteiger partial charge in [-0.25, -0.2) is 4.98 Å². The highest BCUT2D eigenvalue weighted by molar-refractivity contribution is 6.11. The molecule has 2 heterocycles. The predicted octanol–water partition coefficient (Wildman–Crippen LogP) is 4.56. The van der Waals surface area contributed by atoms with E-state index in [0.717, 1.165) is 27.5 Å². The van der Waals surface area contributed by atoms with Crippen LogP contribution < -0.4 is 0 Å². The molecule has 2 aromatic heterocycles. The van der Waals surface area contributed by atoms with Gasteiger partial charge in [0.2, 0.25) is 0 Å². The van der Waals surface area contributed by atoms with Crippen LogP contribution in [0.1, 0.15) is 17.5 Å². The maximum absolute atomic E-state index is 12.0. The van der Waals surface area contributed by atoms with Gasteiger partial charge in [0.1, 0.15) is 5.52 Å². The third-order valence-corrected chi connectivity index (χ3v) is 4.21. The number of aromatic nitrogens is 2. The molecule has 0 aliphatic heterocycles. The highest BCUT2D eigenvalue weighted by atomic mass is 16.3. The minimum Gasteiger partial charge on any atom is -0.443 e. The van der Waals surface area contributed by atoms with Gasteiger partial charge in [-0.15, -0.1) is 0 Å². The normalized spacial score (nSPS) is 11.9. The highest BCUT2D eigenvalue weighted by Gasteiger charge is 2.04. The van der Waals surface area contributed by atoms with E-state index in [1.807, 2.05) is 42.6 Å². The van der Waals surface area contributed by atoms with Crippen LogP contribution >= 0.6 is 0 Å². The SMILES string of the molecule is O=C(/C=C/c1ccc2ocnc2c1)CC(=O)/C=C/c1ccc2cc[nH]c2c1. The van der Waals surface area contributed by atoms with Gasteiger partial charge < -0.3 is 9.40 Å². The number of benzene rings is 2. The molecule has 2 aromatic carbocycles. The number of nitrogens with zero attached hydrogens (tertiary/aromatic N) is 1. The molecule has 4 aromatic rings. The lowest BCUT2D eigenvalue weighted by molar-refractivity contribution is -0.121. The Morgan fingerprint density at radius 3 is 2.52 bits per heavy atom. The van der Waals surface area contributed by atoms with Gasteiger partial charge in [0, 0.05) is 11.7 Å². The molecule has 0 saturated heterocycles. The Hall–Kier alpha value is -3.73. The van der Waals surface area contributed by atoms with Crippen molar-refractivity contribution in [2.75, 3.05) is 0 Å². The van der Waals surface area contributed by atoms with E-state index in [4.69, 9.17) is 4.42 Å². The summed E-state index contributed by atoms with van der Waals surface area (Å²) in [6, 6.07) is 13.3. The summed E-state index contributed by atoms with van der Waals surface area (Å²) in [6.07, 6.45) is 9.33. The van der Waals surface area contributed by atoms with Gasteiger partial charge in [0.15, 0.2) is 23.5 Å². The van der Waals surface area contributed by atoms with Crippen LogP contribution in [0.3, 0.4) is 0 Å². The predicted molar refractivity (Wildman–Crippen MR) is 105 cm³/mol. The average molecular weight is 356 g/mol. The summed E-state index contributed by atoms with van der Waals surface area (Å²) in [5, 5.41) is 1.11. The first-order valence-corrected chi connectivity index (χ1v) is 8.50. The molecule has 0 bridgehead atoms. The summed E-state index contributed by atoms with van der Waals surface area (Å²) in [5.74, 6) is -0.479. The standard InChI is InChI=1S/C22H16N2O3/c25-18(6-2-15-1-5-17-9-10-23-20(17)11-15)13-19(26)7-3-16-4-8-22-21(12-16)24-14-27-22/h1-12,14,23H,13H2/b6-2+,7-3+. The van der Waals surface area contributed by atoms with Gasteiger partial charge >= 0.3 is 0 Å².